The van der Waals surface area contributed by atoms with Crippen molar-refractivity contribution in [2.75, 3.05) is 12.4 Å². The number of aryl methyl sites for hydroxylation is 1. The number of ether oxygens (including phenoxy) is 1. The summed E-state index contributed by atoms with van der Waals surface area (Å²) < 4.78 is 3.01. The highest BCUT2D eigenvalue weighted by Gasteiger charge is 2.35. The lowest BCUT2D eigenvalue weighted by molar-refractivity contribution is -0.384. The topological polar surface area (TPSA) is 106 Å². The molecule has 0 heterocycles. The van der Waals surface area contributed by atoms with Gasteiger partial charge in [-0.05, 0) is 42.9 Å². The van der Waals surface area contributed by atoms with Crippen molar-refractivity contribution in [2.24, 2.45) is 0 Å². The molecule has 160 valence electrons. The third-order valence-electron chi connectivity index (χ3n) is 3.92. The molecule has 0 saturated carbocycles. The lowest BCUT2D eigenvalue weighted by Crippen LogP contribution is -2.56. The van der Waals surface area contributed by atoms with Gasteiger partial charge >= 0.3 is 0 Å². The van der Waals surface area contributed by atoms with Gasteiger partial charge in [-0.3, -0.25) is 14.9 Å². The molecule has 2 aromatic carbocycles. The van der Waals surface area contributed by atoms with Gasteiger partial charge in [-0.25, -0.2) is 0 Å². The minimum Gasteiger partial charge on any atom is -0.496 e. The summed E-state index contributed by atoms with van der Waals surface area (Å²) in [5.41, 5.74) is 0.940. The van der Waals surface area contributed by atoms with Crippen molar-refractivity contribution in [2.45, 2.75) is 16.9 Å². The zero-order valence-corrected chi connectivity index (χ0v) is 18.8. The third-order valence-corrected chi connectivity index (χ3v) is 4.79. The first-order chi connectivity index (χ1) is 14.0. The SMILES string of the molecule is COc1ccc(NC(=S)NC(NC(=O)c2ccccc2C)C(Cl)(Cl)Cl)c([N+](=O)[O-])c1. The summed E-state index contributed by atoms with van der Waals surface area (Å²) in [5.74, 6) is -0.189. The number of benzene rings is 2. The van der Waals surface area contributed by atoms with Crippen LogP contribution < -0.4 is 20.7 Å². The van der Waals surface area contributed by atoms with Crippen molar-refractivity contribution in [1.82, 2.24) is 10.6 Å². The zero-order chi connectivity index (χ0) is 22.5. The average molecular weight is 492 g/mol. The molecule has 0 aliphatic rings. The molecule has 1 unspecified atom stereocenters. The summed E-state index contributed by atoms with van der Waals surface area (Å²) in [6.07, 6.45) is -1.23. The van der Waals surface area contributed by atoms with Crippen molar-refractivity contribution in [3.8, 4) is 5.75 Å². The van der Waals surface area contributed by atoms with Gasteiger partial charge in [-0.2, -0.15) is 0 Å². The van der Waals surface area contributed by atoms with Gasteiger partial charge in [0.1, 0.15) is 17.6 Å². The molecule has 3 N–H and O–H groups in total. The number of anilines is 1. The van der Waals surface area contributed by atoms with E-state index in [2.05, 4.69) is 16.0 Å². The number of halogens is 3. The van der Waals surface area contributed by atoms with E-state index in [1.165, 1.54) is 25.3 Å². The second kappa shape index (κ2) is 10.1. The zero-order valence-electron chi connectivity index (χ0n) is 15.7. The summed E-state index contributed by atoms with van der Waals surface area (Å²) in [7, 11) is 1.39. The van der Waals surface area contributed by atoms with Crippen LogP contribution in [0.4, 0.5) is 11.4 Å². The van der Waals surface area contributed by atoms with Gasteiger partial charge in [0.25, 0.3) is 11.6 Å². The Hall–Kier alpha value is -2.33. The van der Waals surface area contributed by atoms with Crippen LogP contribution in [0.3, 0.4) is 0 Å². The number of nitrogens with one attached hydrogen (secondary N) is 3. The fraction of sp³-hybridized carbons (Fsp3) is 0.222. The number of hydrogen-bond donors (Lipinski definition) is 3. The fourth-order valence-corrected chi connectivity index (χ4v) is 2.98. The van der Waals surface area contributed by atoms with Crippen molar-refractivity contribution >= 4 is 69.4 Å². The number of hydrogen-bond acceptors (Lipinski definition) is 5. The molecular formula is C18H17Cl3N4O4S. The van der Waals surface area contributed by atoms with E-state index in [4.69, 9.17) is 51.8 Å². The third kappa shape index (κ3) is 6.33. The first-order valence-electron chi connectivity index (χ1n) is 8.36. The van der Waals surface area contributed by atoms with E-state index in [1.807, 2.05) is 0 Å². The first kappa shape index (κ1) is 23.9. The maximum absolute atomic E-state index is 12.6. The van der Waals surface area contributed by atoms with Gasteiger partial charge in [0, 0.05) is 5.56 Å². The highest BCUT2D eigenvalue weighted by molar-refractivity contribution is 7.80. The summed E-state index contributed by atoms with van der Waals surface area (Å²) in [4.78, 5) is 23.3. The molecule has 30 heavy (non-hydrogen) atoms. The Morgan fingerprint density at radius 1 is 1.20 bits per heavy atom. The molecule has 0 spiro atoms. The quantitative estimate of drug-likeness (QED) is 0.182. The smallest absolute Gasteiger partial charge is 0.296 e. The maximum atomic E-state index is 12.6. The van der Waals surface area contributed by atoms with E-state index in [9.17, 15) is 14.9 Å². The van der Waals surface area contributed by atoms with E-state index in [0.717, 1.165) is 5.56 Å². The predicted molar refractivity (Wildman–Crippen MR) is 122 cm³/mol. The van der Waals surface area contributed by atoms with Gasteiger partial charge < -0.3 is 20.7 Å². The largest absolute Gasteiger partial charge is 0.496 e. The Kier molecular flexibility index (Phi) is 8.08. The molecule has 1 atom stereocenters. The number of methoxy groups -OCH3 is 1. The number of nitrogens with zero attached hydrogens (tertiary/aromatic N) is 1. The summed E-state index contributed by atoms with van der Waals surface area (Å²) in [6, 6.07) is 11.0. The number of nitro groups is 1. The van der Waals surface area contributed by atoms with Crippen LogP contribution in [0.1, 0.15) is 15.9 Å². The fourth-order valence-electron chi connectivity index (χ4n) is 2.42. The highest BCUT2D eigenvalue weighted by Crippen LogP contribution is 2.31. The predicted octanol–water partition coefficient (Wildman–Crippen LogP) is 4.32. The Balaban J connectivity index is 2.18. The van der Waals surface area contributed by atoms with Crippen LogP contribution in [0.15, 0.2) is 42.5 Å². The average Bonchev–Trinajstić information content (AvgIpc) is 2.67. The monoisotopic (exact) mass is 490 g/mol. The van der Waals surface area contributed by atoms with Crippen molar-refractivity contribution in [1.29, 1.82) is 0 Å². The molecule has 2 rings (SSSR count). The Labute approximate surface area is 193 Å². The van der Waals surface area contributed by atoms with E-state index < -0.39 is 20.8 Å². The molecule has 1 amide bonds. The lowest BCUT2D eigenvalue weighted by Gasteiger charge is -2.28. The minimum absolute atomic E-state index is 0.0894. The molecule has 8 nitrogen and oxygen atoms in total. The van der Waals surface area contributed by atoms with E-state index >= 15 is 0 Å². The number of alkyl halides is 3. The van der Waals surface area contributed by atoms with Crippen LogP contribution in [0, 0.1) is 17.0 Å². The van der Waals surface area contributed by atoms with Gasteiger partial charge in [-0.15, -0.1) is 0 Å². The number of amides is 1. The van der Waals surface area contributed by atoms with Crippen LogP contribution in [0.25, 0.3) is 0 Å². The minimum atomic E-state index is -1.98. The van der Waals surface area contributed by atoms with Crippen LogP contribution in [-0.2, 0) is 0 Å². The number of rotatable bonds is 6. The number of carbonyl (C=O) groups excluding carboxylic acids is 1. The molecule has 0 aliphatic carbocycles. The Morgan fingerprint density at radius 3 is 2.43 bits per heavy atom. The Morgan fingerprint density at radius 2 is 1.87 bits per heavy atom. The Bertz CT molecular complexity index is 969. The van der Waals surface area contributed by atoms with E-state index in [0.29, 0.717) is 11.3 Å². The molecule has 0 saturated heterocycles. The number of carbonyl (C=O) groups is 1. The number of nitro benzene ring substituents is 1. The molecule has 2 aromatic rings. The lowest BCUT2D eigenvalue weighted by atomic mass is 10.1. The van der Waals surface area contributed by atoms with E-state index in [-0.39, 0.29) is 16.5 Å². The molecule has 0 radical (unpaired) electrons. The first-order valence-corrected chi connectivity index (χ1v) is 9.90. The summed E-state index contributed by atoms with van der Waals surface area (Å²) in [5, 5.41) is 19.1. The van der Waals surface area contributed by atoms with Crippen LogP contribution in [-0.4, -0.2) is 33.0 Å². The van der Waals surface area contributed by atoms with Gasteiger partial charge in [0.15, 0.2) is 5.11 Å². The van der Waals surface area contributed by atoms with Crippen molar-refractivity contribution in [3.63, 3.8) is 0 Å². The van der Waals surface area contributed by atoms with Gasteiger partial charge in [-0.1, -0.05) is 53.0 Å². The molecule has 0 bridgehead atoms. The normalized spacial score (nSPS) is 11.9. The van der Waals surface area contributed by atoms with Crippen LogP contribution >= 0.6 is 47.0 Å². The van der Waals surface area contributed by atoms with Crippen LogP contribution in [0.2, 0.25) is 0 Å². The highest BCUT2D eigenvalue weighted by atomic mass is 35.6. The van der Waals surface area contributed by atoms with E-state index in [1.54, 1.807) is 31.2 Å². The summed E-state index contributed by atoms with van der Waals surface area (Å²) in [6.45, 7) is 1.77. The standard InChI is InChI=1S/C18H17Cl3N4O4S/c1-10-5-3-4-6-12(10)15(26)23-16(18(19,20)21)24-17(30)22-13-8-7-11(29-2)9-14(13)25(27)28/h3-9,16H,1-2H3,(H,23,26)(H2,22,24,30). The van der Waals surface area contributed by atoms with Crippen LogP contribution in [0.5, 0.6) is 5.75 Å². The van der Waals surface area contributed by atoms with Gasteiger partial charge in [0.05, 0.1) is 18.1 Å². The van der Waals surface area contributed by atoms with Crippen molar-refractivity contribution < 1.29 is 14.5 Å². The molecule has 0 aromatic heterocycles. The second-order valence-electron chi connectivity index (χ2n) is 6.00. The molecule has 12 heteroatoms. The maximum Gasteiger partial charge on any atom is 0.296 e. The number of thiocarbonyl (C=S) groups is 1. The van der Waals surface area contributed by atoms with Crippen molar-refractivity contribution in [3.05, 3.63) is 63.7 Å². The molecule has 0 aliphatic heterocycles. The van der Waals surface area contributed by atoms with Gasteiger partial charge in [0.2, 0.25) is 3.79 Å². The molecule has 0 fully saturated rings. The summed E-state index contributed by atoms with van der Waals surface area (Å²) >= 11 is 23.1. The second-order valence-corrected chi connectivity index (χ2v) is 8.78. The molecular weight excluding hydrogens is 475 g/mol.